The van der Waals surface area contributed by atoms with Crippen molar-refractivity contribution in [3.8, 4) is 0 Å². The summed E-state index contributed by atoms with van der Waals surface area (Å²) in [5, 5.41) is 1.10. The fraction of sp³-hybridized carbons (Fsp3) is 0.125. The van der Waals surface area contributed by atoms with Crippen LogP contribution in [0.15, 0.2) is 63.5 Å². The van der Waals surface area contributed by atoms with E-state index in [2.05, 4.69) is 28.1 Å². The first-order valence-electron chi connectivity index (χ1n) is 6.21. The minimum atomic E-state index is -0.123. The zero-order valence-corrected chi connectivity index (χ0v) is 11.9. The SMILES string of the molecule is NC(Cc1cccc(Br)c1)c1cc2ccccc2o1. The van der Waals surface area contributed by atoms with Crippen LogP contribution in [0.2, 0.25) is 0 Å². The van der Waals surface area contributed by atoms with E-state index < -0.39 is 0 Å². The maximum atomic E-state index is 6.23. The number of para-hydroxylation sites is 1. The van der Waals surface area contributed by atoms with Crippen LogP contribution in [-0.2, 0) is 6.42 Å². The van der Waals surface area contributed by atoms with Gasteiger partial charge in [-0.25, -0.2) is 0 Å². The Hall–Kier alpha value is -1.58. The van der Waals surface area contributed by atoms with Crippen LogP contribution in [0.4, 0.5) is 0 Å². The third-order valence-corrected chi connectivity index (χ3v) is 3.65. The summed E-state index contributed by atoms with van der Waals surface area (Å²) in [6.45, 7) is 0. The molecular weight excluding hydrogens is 302 g/mol. The molecule has 1 heterocycles. The molecule has 0 amide bonds. The third-order valence-electron chi connectivity index (χ3n) is 3.15. The van der Waals surface area contributed by atoms with E-state index in [9.17, 15) is 0 Å². The molecule has 2 nitrogen and oxygen atoms in total. The summed E-state index contributed by atoms with van der Waals surface area (Å²) in [4.78, 5) is 0. The van der Waals surface area contributed by atoms with Crippen LogP contribution in [0, 0.1) is 0 Å². The van der Waals surface area contributed by atoms with Crippen LogP contribution >= 0.6 is 15.9 Å². The van der Waals surface area contributed by atoms with E-state index in [0.29, 0.717) is 0 Å². The number of nitrogens with two attached hydrogens (primary N) is 1. The Morgan fingerprint density at radius 3 is 2.68 bits per heavy atom. The van der Waals surface area contributed by atoms with Gasteiger partial charge in [0.1, 0.15) is 11.3 Å². The molecule has 0 aliphatic heterocycles. The average molecular weight is 316 g/mol. The molecule has 2 aromatic carbocycles. The van der Waals surface area contributed by atoms with Crippen LogP contribution in [0.25, 0.3) is 11.0 Å². The van der Waals surface area contributed by atoms with Crippen LogP contribution in [-0.4, -0.2) is 0 Å². The van der Waals surface area contributed by atoms with Crippen molar-refractivity contribution in [2.75, 3.05) is 0 Å². The first kappa shape index (κ1) is 12.5. The number of hydrogen-bond acceptors (Lipinski definition) is 2. The molecule has 3 rings (SSSR count). The quantitative estimate of drug-likeness (QED) is 0.776. The first-order chi connectivity index (χ1) is 9.22. The summed E-state index contributed by atoms with van der Waals surface area (Å²) >= 11 is 3.47. The van der Waals surface area contributed by atoms with Crippen molar-refractivity contribution in [3.05, 3.63) is 70.4 Å². The fourth-order valence-electron chi connectivity index (χ4n) is 2.20. The average Bonchev–Trinajstić information content (AvgIpc) is 2.82. The lowest BCUT2D eigenvalue weighted by Gasteiger charge is -2.08. The molecule has 0 fully saturated rings. The predicted octanol–water partition coefficient (Wildman–Crippen LogP) is 4.44. The molecule has 0 radical (unpaired) electrons. The lowest BCUT2D eigenvalue weighted by Crippen LogP contribution is -2.12. The van der Waals surface area contributed by atoms with Crippen LogP contribution < -0.4 is 5.73 Å². The highest BCUT2D eigenvalue weighted by Gasteiger charge is 2.12. The van der Waals surface area contributed by atoms with Crippen molar-refractivity contribution < 1.29 is 4.42 Å². The molecule has 0 spiro atoms. The Morgan fingerprint density at radius 1 is 1.05 bits per heavy atom. The Bertz CT molecular complexity index is 672. The van der Waals surface area contributed by atoms with Crippen molar-refractivity contribution in [3.63, 3.8) is 0 Å². The largest absolute Gasteiger partial charge is 0.459 e. The number of fused-ring (bicyclic) bond motifs is 1. The Labute approximate surface area is 120 Å². The predicted molar refractivity (Wildman–Crippen MR) is 81.0 cm³/mol. The number of benzene rings is 2. The molecule has 3 aromatic rings. The molecule has 1 unspecified atom stereocenters. The molecule has 0 bridgehead atoms. The summed E-state index contributed by atoms with van der Waals surface area (Å²) in [5.74, 6) is 0.834. The van der Waals surface area contributed by atoms with Gasteiger partial charge in [0.25, 0.3) is 0 Å². The summed E-state index contributed by atoms with van der Waals surface area (Å²) in [6.07, 6.45) is 0.763. The summed E-state index contributed by atoms with van der Waals surface area (Å²) in [6, 6.07) is 18.1. The molecule has 19 heavy (non-hydrogen) atoms. The molecule has 1 aromatic heterocycles. The summed E-state index contributed by atoms with van der Waals surface area (Å²) < 4.78 is 6.87. The zero-order chi connectivity index (χ0) is 13.2. The second-order valence-corrected chi connectivity index (χ2v) is 5.54. The topological polar surface area (TPSA) is 39.2 Å². The van der Waals surface area contributed by atoms with Gasteiger partial charge in [-0.1, -0.05) is 46.3 Å². The number of hydrogen-bond donors (Lipinski definition) is 1. The van der Waals surface area contributed by atoms with Crippen molar-refractivity contribution in [2.45, 2.75) is 12.5 Å². The van der Waals surface area contributed by atoms with Gasteiger partial charge in [-0.2, -0.15) is 0 Å². The molecule has 0 saturated heterocycles. The number of furan rings is 1. The molecule has 0 aliphatic rings. The highest BCUT2D eigenvalue weighted by Crippen LogP contribution is 2.25. The van der Waals surface area contributed by atoms with Crippen molar-refractivity contribution in [2.24, 2.45) is 5.73 Å². The van der Waals surface area contributed by atoms with Gasteiger partial charge in [0.2, 0.25) is 0 Å². The lowest BCUT2D eigenvalue weighted by atomic mass is 10.0. The highest BCUT2D eigenvalue weighted by atomic mass is 79.9. The van der Waals surface area contributed by atoms with E-state index in [1.807, 2.05) is 42.5 Å². The van der Waals surface area contributed by atoms with Gasteiger partial charge in [0, 0.05) is 9.86 Å². The molecule has 0 saturated carbocycles. The van der Waals surface area contributed by atoms with Gasteiger partial charge < -0.3 is 10.2 Å². The Balaban J connectivity index is 1.85. The standard InChI is InChI=1S/C16H14BrNO/c17-13-6-3-4-11(8-13)9-14(18)16-10-12-5-1-2-7-15(12)19-16/h1-8,10,14H,9,18H2. The van der Waals surface area contributed by atoms with E-state index in [1.165, 1.54) is 5.56 Å². The molecule has 2 N–H and O–H groups in total. The van der Waals surface area contributed by atoms with E-state index in [-0.39, 0.29) is 6.04 Å². The van der Waals surface area contributed by atoms with Crippen molar-refractivity contribution >= 4 is 26.9 Å². The number of halogens is 1. The van der Waals surface area contributed by atoms with Crippen LogP contribution in [0.1, 0.15) is 17.4 Å². The highest BCUT2D eigenvalue weighted by molar-refractivity contribution is 9.10. The monoisotopic (exact) mass is 315 g/mol. The maximum absolute atomic E-state index is 6.23. The van der Waals surface area contributed by atoms with Crippen LogP contribution in [0.5, 0.6) is 0 Å². The lowest BCUT2D eigenvalue weighted by molar-refractivity contribution is 0.494. The van der Waals surface area contributed by atoms with Gasteiger partial charge in [-0.15, -0.1) is 0 Å². The molecule has 1 atom stereocenters. The molecule has 3 heteroatoms. The van der Waals surface area contributed by atoms with E-state index >= 15 is 0 Å². The second-order valence-electron chi connectivity index (χ2n) is 4.63. The van der Waals surface area contributed by atoms with E-state index in [0.717, 1.165) is 27.6 Å². The molecule has 0 aliphatic carbocycles. The zero-order valence-electron chi connectivity index (χ0n) is 10.3. The maximum Gasteiger partial charge on any atom is 0.134 e. The summed E-state index contributed by atoms with van der Waals surface area (Å²) in [7, 11) is 0. The first-order valence-corrected chi connectivity index (χ1v) is 7.00. The number of rotatable bonds is 3. The minimum Gasteiger partial charge on any atom is -0.459 e. The minimum absolute atomic E-state index is 0.123. The van der Waals surface area contributed by atoms with Gasteiger partial charge >= 0.3 is 0 Å². The molecule has 96 valence electrons. The van der Waals surface area contributed by atoms with Gasteiger partial charge in [-0.05, 0) is 36.2 Å². The van der Waals surface area contributed by atoms with Gasteiger partial charge in [0.05, 0.1) is 6.04 Å². The van der Waals surface area contributed by atoms with Gasteiger partial charge in [-0.3, -0.25) is 0 Å². The van der Waals surface area contributed by atoms with E-state index in [4.69, 9.17) is 10.2 Å². The van der Waals surface area contributed by atoms with Crippen molar-refractivity contribution in [1.29, 1.82) is 0 Å². The third kappa shape index (κ3) is 2.72. The fourth-order valence-corrected chi connectivity index (χ4v) is 2.65. The Morgan fingerprint density at radius 2 is 1.89 bits per heavy atom. The second kappa shape index (κ2) is 5.19. The van der Waals surface area contributed by atoms with Gasteiger partial charge in [0.15, 0.2) is 0 Å². The smallest absolute Gasteiger partial charge is 0.134 e. The molecular formula is C16H14BrNO. The normalized spacial score (nSPS) is 12.7. The van der Waals surface area contributed by atoms with Crippen molar-refractivity contribution in [1.82, 2.24) is 0 Å². The van der Waals surface area contributed by atoms with E-state index in [1.54, 1.807) is 0 Å². The summed E-state index contributed by atoms with van der Waals surface area (Å²) in [5.41, 5.74) is 8.32. The Kier molecular flexibility index (Phi) is 3.40. The van der Waals surface area contributed by atoms with Crippen LogP contribution in [0.3, 0.4) is 0 Å².